The normalized spacial score (nSPS) is 10.9. The molecule has 0 aliphatic carbocycles. The molecule has 0 aliphatic rings. The Morgan fingerprint density at radius 1 is 0.765 bits per heavy atom. The zero-order chi connectivity index (χ0) is 11.8. The molecule has 0 spiro atoms. The quantitative estimate of drug-likeness (QED) is 0.585. The molecule has 0 atom stereocenters. The molecule has 3 heteroatoms. The summed E-state index contributed by atoms with van der Waals surface area (Å²) in [6.45, 7) is 0. The van der Waals surface area contributed by atoms with Crippen molar-refractivity contribution in [3.8, 4) is 5.69 Å². The highest BCUT2D eigenvalue weighted by molar-refractivity contribution is 6.37. The van der Waals surface area contributed by atoms with E-state index in [1.165, 1.54) is 5.39 Å². The van der Waals surface area contributed by atoms with Gasteiger partial charge in [-0.05, 0) is 29.7 Å². The molecule has 0 saturated heterocycles. The molecule has 17 heavy (non-hydrogen) atoms. The van der Waals surface area contributed by atoms with Gasteiger partial charge in [-0.2, -0.15) is 0 Å². The van der Waals surface area contributed by atoms with Crippen molar-refractivity contribution in [1.82, 2.24) is 4.57 Å². The van der Waals surface area contributed by atoms with E-state index in [-0.39, 0.29) is 0 Å². The fourth-order valence-electron chi connectivity index (χ4n) is 2.00. The molecule has 3 rings (SSSR count). The summed E-state index contributed by atoms with van der Waals surface area (Å²) >= 11 is 12.4. The number of para-hydroxylation sites is 2. The van der Waals surface area contributed by atoms with Crippen LogP contribution in [-0.4, -0.2) is 4.57 Å². The van der Waals surface area contributed by atoms with Gasteiger partial charge in [-0.3, -0.25) is 0 Å². The second kappa shape index (κ2) is 4.10. The number of nitrogens with zero attached hydrogens (tertiary/aromatic N) is 1. The molecule has 0 saturated carbocycles. The third-order valence-electron chi connectivity index (χ3n) is 2.78. The van der Waals surface area contributed by atoms with Crippen LogP contribution in [0.15, 0.2) is 54.7 Å². The van der Waals surface area contributed by atoms with Gasteiger partial charge in [0.1, 0.15) is 0 Å². The minimum Gasteiger partial charge on any atom is -0.314 e. The molecule has 1 aromatic heterocycles. The minimum atomic E-state index is 0.652. The van der Waals surface area contributed by atoms with E-state index in [9.17, 15) is 0 Å². The van der Waals surface area contributed by atoms with Gasteiger partial charge in [0.2, 0.25) is 0 Å². The van der Waals surface area contributed by atoms with Crippen LogP contribution in [0.25, 0.3) is 16.6 Å². The lowest BCUT2D eigenvalue weighted by Gasteiger charge is -2.09. The summed E-state index contributed by atoms with van der Waals surface area (Å²) in [6.07, 6.45) is 1.98. The smallest absolute Gasteiger partial charge is 0.0830 e. The number of benzene rings is 2. The first-order valence-electron chi connectivity index (χ1n) is 5.28. The maximum Gasteiger partial charge on any atom is 0.0830 e. The Bertz CT molecular complexity index is 665. The van der Waals surface area contributed by atoms with Crippen molar-refractivity contribution in [2.45, 2.75) is 0 Å². The monoisotopic (exact) mass is 261 g/mol. The average Bonchev–Trinajstić information content (AvgIpc) is 2.73. The molecule has 0 fully saturated rings. The van der Waals surface area contributed by atoms with Gasteiger partial charge in [0.15, 0.2) is 0 Å². The molecule has 0 radical (unpaired) electrons. The third kappa shape index (κ3) is 1.72. The van der Waals surface area contributed by atoms with Crippen LogP contribution < -0.4 is 0 Å². The van der Waals surface area contributed by atoms with Crippen LogP contribution in [0.4, 0.5) is 0 Å². The number of aromatic nitrogens is 1. The molecule has 0 bridgehead atoms. The number of rotatable bonds is 1. The zero-order valence-corrected chi connectivity index (χ0v) is 10.4. The van der Waals surface area contributed by atoms with E-state index in [4.69, 9.17) is 23.2 Å². The van der Waals surface area contributed by atoms with Crippen molar-refractivity contribution in [2.24, 2.45) is 0 Å². The Morgan fingerprint density at radius 3 is 2.24 bits per heavy atom. The van der Waals surface area contributed by atoms with Crippen LogP contribution in [0, 0.1) is 0 Å². The lowest BCUT2D eigenvalue weighted by atomic mass is 10.2. The molecule has 84 valence electrons. The molecular weight excluding hydrogens is 253 g/mol. The van der Waals surface area contributed by atoms with E-state index in [1.807, 2.05) is 41.1 Å². The van der Waals surface area contributed by atoms with Crippen molar-refractivity contribution in [2.75, 3.05) is 0 Å². The highest BCUT2D eigenvalue weighted by Gasteiger charge is 2.09. The van der Waals surface area contributed by atoms with Crippen molar-refractivity contribution in [3.63, 3.8) is 0 Å². The molecule has 1 nitrogen and oxygen atoms in total. The molecule has 0 amide bonds. The highest BCUT2D eigenvalue weighted by Crippen LogP contribution is 2.31. The van der Waals surface area contributed by atoms with Gasteiger partial charge in [0, 0.05) is 6.20 Å². The van der Waals surface area contributed by atoms with Gasteiger partial charge in [-0.15, -0.1) is 0 Å². The van der Waals surface area contributed by atoms with Gasteiger partial charge in [0.25, 0.3) is 0 Å². The first-order chi connectivity index (χ1) is 8.27. The second-order valence-electron chi connectivity index (χ2n) is 3.81. The van der Waals surface area contributed by atoms with Crippen molar-refractivity contribution in [3.05, 3.63) is 64.8 Å². The first-order valence-corrected chi connectivity index (χ1v) is 6.03. The SMILES string of the molecule is Clc1cccc(Cl)c1-n1ccc2ccccc21. The van der Waals surface area contributed by atoms with E-state index in [2.05, 4.69) is 18.2 Å². The zero-order valence-electron chi connectivity index (χ0n) is 8.90. The van der Waals surface area contributed by atoms with Crippen molar-refractivity contribution < 1.29 is 0 Å². The van der Waals surface area contributed by atoms with E-state index in [0.717, 1.165) is 11.2 Å². The molecule has 2 aromatic carbocycles. The molecule has 0 aliphatic heterocycles. The number of halogens is 2. The fraction of sp³-hybridized carbons (Fsp3) is 0. The summed E-state index contributed by atoms with van der Waals surface area (Å²) in [6, 6.07) is 15.7. The van der Waals surface area contributed by atoms with E-state index < -0.39 is 0 Å². The summed E-state index contributed by atoms with van der Waals surface area (Å²) in [4.78, 5) is 0. The standard InChI is InChI=1S/C14H9Cl2N/c15-11-5-3-6-12(16)14(11)17-9-8-10-4-1-2-7-13(10)17/h1-9H. The highest BCUT2D eigenvalue weighted by atomic mass is 35.5. The van der Waals surface area contributed by atoms with Crippen LogP contribution in [0.5, 0.6) is 0 Å². The molecule has 1 heterocycles. The summed E-state index contributed by atoms with van der Waals surface area (Å²) in [5, 5.41) is 2.47. The van der Waals surface area contributed by atoms with Crippen LogP contribution >= 0.6 is 23.2 Å². The predicted octanol–water partition coefficient (Wildman–Crippen LogP) is 4.94. The maximum atomic E-state index is 6.22. The maximum absolute atomic E-state index is 6.22. The predicted molar refractivity (Wildman–Crippen MR) is 73.3 cm³/mol. The van der Waals surface area contributed by atoms with Gasteiger partial charge < -0.3 is 4.57 Å². The van der Waals surface area contributed by atoms with Gasteiger partial charge >= 0.3 is 0 Å². The Labute approximate surface area is 109 Å². The van der Waals surface area contributed by atoms with E-state index >= 15 is 0 Å². The number of hydrogen-bond acceptors (Lipinski definition) is 0. The van der Waals surface area contributed by atoms with Crippen LogP contribution in [0.2, 0.25) is 10.0 Å². The van der Waals surface area contributed by atoms with E-state index in [1.54, 1.807) is 0 Å². The minimum absolute atomic E-state index is 0.652. The average molecular weight is 262 g/mol. The summed E-state index contributed by atoms with van der Waals surface area (Å²) in [5.41, 5.74) is 1.93. The Morgan fingerprint density at radius 2 is 1.47 bits per heavy atom. The first kappa shape index (κ1) is 10.7. The Kier molecular flexibility index (Phi) is 2.58. The Hall–Kier alpha value is -1.44. The molecule has 3 aromatic rings. The summed E-state index contributed by atoms with van der Waals surface area (Å²) in [7, 11) is 0. The fourth-order valence-corrected chi connectivity index (χ4v) is 2.58. The van der Waals surface area contributed by atoms with Crippen LogP contribution in [0.1, 0.15) is 0 Å². The summed E-state index contributed by atoms with van der Waals surface area (Å²) < 4.78 is 2.01. The van der Waals surface area contributed by atoms with Crippen molar-refractivity contribution in [1.29, 1.82) is 0 Å². The Balaban J connectivity index is 2.35. The topological polar surface area (TPSA) is 4.93 Å². The van der Waals surface area contributed by atoms with E-state index in [0.29, 0.717) is 10.0 Å². The van der Waals surface area contributed by atoms with Crippen LogP contribution in [-0.2, 0) is 0 Å². The molecular formula is C14H9Cl2N. The van der Waals surface area contributed by atoms with Gasteiger partial charge in [0.05, 0.1) is 21.2 Å². The molecule has 0 N–H and O–H groups in total. The third-order valence-corrected chi connectivity index (χ3v) is 3.39. The largest absolute Gasteiger partial charge is 0.314 e. The van der Waals surface area contributed by atoms with Gasteiger partial charge in [-0.25, -0.2) is 0 Å². The van der Waals surface area contributed by atoms with Gasteiger partial charge in [-0.1, -0.05) is 47.5 Å². The lowest BCUT2D eigenvalue weighted by Crippen LogP contribution is -1.93. The second-order valence-corrected chi connectivity index (χ2v) is 4.63. The number of hydrogen-bond donors (Lipinski definition) is 0. The molecule has 0 unspecified atom stereocenters. The summed E-state index contributed by atoms with van der Waals surface area (Å²) in [5.74, 6) is 0. The van der Waals surface area contributed by atoms with Crippen LogP contribution in [0.3, 0.4) is 0 Å². The number of fused-ring (bicyclic) bond motifs is 1. The lowest BCUT2D eigenvalue weighted by molar-refractivity contribution is 1.13. The van der Waals surface area contributed by atoms with Crippen molar-refractivity contribution >= 4 is 34.1 Å².